The van der Waals surface area contributed by atoms with E-state index in [4.69, 9.17) is 47.6 Å². The maximum absolute atomic E-state index is 9.99. The van der Waals surface area contributed by atoms with Gasteiger partial charge >= 0.3 is 11.9 Å². The van der Waals surface area contributed by atoms with Crippen molar-refractivity contribution in [1.29, 1.82) is 0 Å². The summed E-state index contributed by atoms with van der Waals surface area (Å²) in [6, 6.07) is 0. The van der Waals surface area contributed by atoms with Gasteiger partial charge in [0.15, 0.2) is 29.9 Å². The third kappa shape index (κ3) is 4.73. The topological polar surface area (TPSA) is 255 Å². The number of hydrogen-bond acceptors (Lipinski definition) is 12. The minimum atomic E-state index is -2.27. The Hall–Kier alpha value is -2.66. The predicted octanol–water partition coefficient (Wildman–Crippen LogP) is -3.45. The number of nitrogen functional groups attached to an aromatic ring is 1. The molecule has 0 bridgehead atoms. The Labute approximate surface area is 171 Å². The number of halogens is 1. The number of carboxylic acids is 2. The van der Waals surface area contributed by atoms with Gasteiger partial charge in [0.05, 0.1) is 12.9 Å². The molecule has 0 radical (unpaired) electrons. The Morgan fingerprint density at radius 2 is 1.73 bits per heavy atom. The van der Waals surface area contributed by atoms with E-state index in [0.717, 1.165) is 0 Å². The van der Waals surface area contributed by atoms with Crippen LogP contribution in [0.25, 0.3) is 11.2 Å². The Balaban J connectivity index is 0.000000274. The van der Waals surface area contributed by atoms with Gasteiger partial charge in [0, 0.05) is 0 Å². The molecule has 166 valence electrons. The molecule has 6 atom stereocenters. The predicted molar refractivity (Wildman–Crippen MR) is 95.0 cm³/mol. The van der Waals surface area contributed by atoms with Crippen molar-refractivity contribution in [2.75, 3.05) is 12.3 Å². The number of anilines is 1. The van der Waals surface area contributed by atoms with E-state index in [1.807, 2.05) is 0 Å². The fourth-order valence-electron chi connectivity index (χ4n) is 2.48. The Bertz CT molecular complexity index is 908. The molecule has 6 unspecified atom stereocenters. The molecule has 2 aromatic rings. The fourth-order valence-corrected chi connectivity index (χ4v) is 2.65. The number of fused-ring (bicyclic) bond motifs is 1. The highest BCUT2D eigenvalue weighted by molar-refractivity contribution is 6.28. The first-order chi connectivity index (χ1) is 14.0. The molecular weight excluding hydrogens is 434 g/mol. The van der Waals surface area contributed by atoms with E-state index >= 15 is 0 Å². The monoisotopic (exact) mass is 451 g/mol. The van der Waals surface area contributed by atoms with Gasteiger partial charge in [0.25, 0.3) is 0 Å². The highest BCUT2D eigenvalue weighted by Gasteiger charge is 2.44. The summed E-state index contributed by atoms with van der Waals surface area (Å²) >= 11 is 5.74. The van der Waals surface area contributed by atoms with Gasteiger partial charge < -0.3 is 46.2 Å². The van der Waals surface area contributed by atoms with E-state index in [1.165, 1.54) is 10.9 Å². The average Bonchev–Trinajstić information content (AvgIpc) is 3.22. The van der Waals surface area contributed by atoms with Gasteiger partial charge in [-0.1, -0.05) is 0 Å². The number of aromatic nitrogens is 4. The summed E-state index contributed by atoms with van der Waals surface area (Å²) in [5.74, 6) is -3.43. The van der Waals surface area contributed by atoms with Crippen LogP contribution >= 0.6 is 11.6 Å². The van der Waals surface area contributed by atoms with Gasteiger partial charge in [-0.15, -0.1) is 0 Å². The van der Waals surface area contributed by atoms with Crippen LogP contribution in [0.15, 0.2) is 6.33 Å². The third-order valence-electron chi connectivity index (χ3n) is 4.02. The van der Waals surface area contributed by atoms with E-state index < -0.39 is 55.3 Å². The van der Waals surface area contributed by atoms with Gasteiger partial charge in [-0.3, -0.25) is 4.57 Å². The van der Waals surface area contributed by atoms with Crippen molar-refractivity contribution >= 4 is 40.5 Å². The van der Waals surface area contributed by atoms with Crippen molar-refractivity contribution in [2.45, 2.75) is 36.7 Å². The number of imidazole rings is 1. The third-order valence-corrected chi connectivity index (χ3v) is 4.19. The molecule has 3 rings (SSSR count). The molecule has 1 fully saturated rings. The largest absolute Gasteiger partial charge is 0.479 e. The fraction of sp³-hybridized carbons (Fsp3) is 0.500. The quantitative estimate of drug-likeness (QED) is 0.206. The molecule has 2 aromatic heterocycles. The zero-order valence-corrected chi connectivity index (χ0v) is 15.6. The minimum Gasteiger partial charge on any atom is -0.479 e. The average molecular weight is 452 g/mol. The lowest BCUT2D eigenvalue weighted by molar-refractivity contribution is -0.165. The highest BCUT2D eigenvalue weighted by Crippen LogP contribution is 2.32. The summed E-state index contributed by atoms with van der Waals surface area (Å²) in [6.07, 6.45) is -7.46. The molecule has 0 aliphatic carbocycles. The molecule has 0 saturated carbocycles. The van der Waals surface area contributed by atoms with Crippen molar-refractivity contribution in [3.05, 3.63) is 11.6 Å². The zero-order valence-electron chi connectivity index (χ0n) is 14.8. The van der Waals surface area contributed by atoms with E-state index in [9.17, 15) is 19.8 Å². The van der Waals surface area contributed by atoms with Crippen molar-refractivity contribution in [1.82, 2.24) is 19.5 Å². The Kier molecular flexibility index (Phi) is 7.43. The van der Waals surface area contributed by atoms with E-state index in [0.29, 0.717) is 5.52 Å². The van der Waals surface area contributed by atoms with E-state index in [1.54, 1.807) is 0 Å². The molecule has 1 saturated heterocycles. The SMILES string of the molecule is Nc1nc(Cl)nc2c1ncn2C1OC(CO)C(O)C1O.O=C(O)C(O)C(O)C(=O)O. The standard InChI is InChI=1S/C10H12ClN5O4.C4H6O6/c11-10-14-7(12)4-8(15-10)16(2-13-4)9-6(19)5(18)3(1-17)20-9;5-1(3(7)8)2(6)4(9)10/h2-3,5-6,9,17-19H,1H2,(H2,12,14,15);1-2,5-6H,(H,7,8)(H,9,10). The van der Waals surface area contributed by atoms with Gasteiger partial charge in [0.2, 0.25) is 5.28 Å². The molecule has 1 aliphatic rings. The molecule has 1 aliphatic heterocycles. The number of rotatable bonds is 5. The lowest BCUT2D eigenvalue weighted by Crippen LogP contribution is -2.39. The summed E-state index contributed by atoms with van der Waals surface area (Å²) in [5, 5.41) is 61.3. The van der Waals surface area contributed by atoms with Crippen LogP contribution in [0.3, 0.4) is 0 Å². The number of aliphatic hydroxyl groups excluding tert-OH is 5. The zero-order chi connectivity index (χ0) is 22.7. The second-order valence-electron chi connectivity index (χ2n) is 6.00. The maximum Gasteiger partial charge on any atom is 0.335 e. The van der Waals surface area contributed by atoms with Gasteiger partial charge in [-0.2, -0.15) is 9.97 Å². The first kappa shape index (κ1) is 23.6. The van der Waals surface area contributed by atoms with E-state index in [-0.39, 0.29) is 16.7 Å². The van der Waals surface area contributed by atoms with Crippen LogP contribution in [0, 0.1) is 0 Å². The van der Waals surface area contributed by atoms with Crippen LogP contribution < -0.4 is 5.73 Å². The van der Waals surface area contributed by atoms with Crippen molar-refractivity contribution in [3.63, 3.8) is 0 Å². The number of aliphatic hydroxyl groups is 5. The first-order valence-corrected chi connectivity index (χ1v) is 8.47. The lowest BCUT2D eigenvalue weighted by atomic mass is 10.1. The maximum atomic E-state index is 9.99. The molecule has 9 N–H and O–H groups in total. The smallest absolute Gasteiger partial charge is 0.335 e. The highest BCUT2D eigenvalue weighted by atomic mass is 35.5. The van der Waals surface area contributed by atoms with Gasteiger partial charge in [-0.05, 0) is 11.6 Å². The second-order valence-corrected chi connectivity index (χ2v) is 6.33. The first-order valence-electron chi connectivity index (χ1n) is 8.09. The molecule has 0 spiro atoms. The van der Waals surface area contributed by atoms with Gasteiger partial charge in [0.1, 0.15) is 23.8 Å². The van der Waals surface area contributed by atoms with Crippen LogP contribution in [0.2, 0.25) is 5.28 Å². The molecule has 15 nitrogen and oxygen atoms in total. The number of aliphatic carboxylic acids is 2. The lowest BCUT2D eigenvalue weighted by Gasteiger charge is -2.16. The molecule has 30 heavy (non-hydrogen) atoms. The van der Waals surface area contributed by atoms with Crippen LogP contribution in [0.4, 0.5) is 5.82 Å². The van der Waals surface area contributed by atoms with Crippen LogP contribution in [-0.4, -0.2) is 104 Å². The Morgan fingerprint density at radius 1 is 1.17 bits per heavy atom. The number of nitrogens with zero attached hydrogens (tertiary/aromatic N) is 4. The molecule has 0 amide bonds. The van der Waals surface area contributed by atoms with Crippen molar-refractivity contribution < 1.29 is 50.1 Å². The molecule has 3 heterocycles. The number of carboxylic acid groups (broad SMARTS) is 2. The summed E-state index contributed by atoms with van der Waals surface area (Å²) in [7, 11) is 0. The minimum absolute atomic E-state index is 0.0662. The van der Waals surface area contributed by atoms with Crippen LogP contribution in [0.5, 0.6) is 0 Å². The summed E-state index contributed by atoms with van der Waals surface area (Å²) in [5.41, 5.74) is 6.27. The molecular formula is C14H18ClN5O10. The Morgan fingerprint density at radius 3 is 2.20 bits per heavy atom. The summed E-state index contributed by atoms with van der Waals surface area (Å²) < 4.78 is 6.79. The molecule has 0 aromatic carbocycles. The number of carbonyl (C=O) groups is 2. The van der Waals surface area contributed by atoms with Crippen LogP contribution in [-0.2, 0) is 14.3 Å². The van der Waals surface area contributed by atoms with Gasteiger partial charge in [-0.25, -0.2) is 14.6 Å². The van der Waals surface area contributed by atoms with E-state index in [2.05, 4.69) is 15.0 Å². The molecule has 16 heteroatoms. The second kappa shape index (κ2) is 9.43. The number of ether oxygens (including phenoxy) is 1. The summed E-state index contributed by atoms with van der Waals surface area (Å²) in [6.45, 7) is -0.417. The number of nitrogens with two attached hydrogens (primary N) is 1. The van der Waals surface area contributed by atoms with Crippen molar-refractivity contribution in [2.24, 2.45) is 0 Å². The normalized spacial score (nSPS) is 25.4. The van der Waals surface area contributed by atoms with Crippen LogP contribution in [0.1, 0.15) is 6.23 Å². The van der Waals surface area contributed by atoms with Crippen molar-refractivity contribution in [3.8, 4) is 0 Å². The number of hydrogen-bond donors (Lipinski definition) is 8. The summed E-state index contributed by atoms with van der Waals surface area (Å²) in [4.78, 5) is 31.3.